The van der Waals surface area contributed by atoms with Crippen LogP contribution in [0.1, 0.15) is 25.0 Å². The number of aliphatic hydroxyl groups is 1. The minimum atomic E-state index is -2.02. The summed E-state index contributed by atoms with van der Waals surface area (Å²) >= 11 is 0. The van der Waals surface area contributed by atoms with Crippen molar-refractivity contribution in [1.82, 2.24) is 9.88 Å². The third-order valence-electron chi connectivity index (χ3n) is 4.71. The quantitative estimate of drug-likeness (QED) is 0.545. The van der Waals surface area contributed by atoms with Crippen LogP contribution in [0.25, 0.3) is 0 Å². The zero-order valence-corrected chi connectivity index (χ0v) is 19.3. The molecule has 2 rings (SSSR count). The Kier molecular flexibility index (Phi) is 12.4. The number of hydrogen-bond donors (Lipinski definition) is 1. The Morgan fingerprint density at radius 1 is 1.07 bits per heavy atom. The van der Waals surface area contributed by atoms with Gasteiger partial charge in [-0.25, -0.2) is 4.79 Å². The fourth-order valence-corrected chi connectivity index (χ4v) is 2.95. The number of likely N-dealkylation sites (N-methyl/N-ethyl adjacent to an activating group) is 1. The number of pyridine rings is 1. The number of aromatic nitrogens is 1. The van der Waals surface area contributed by atoms with E-state index in [4.69, 9.17) is 14.2 Å². The highest BCUT2D eigenvalue weighted by atomic mass is 35.5. The monoisotopic (exact) mass is 460 g/mol. The van der Waals surface area contributed by atoms with E-state index in [2.05, 4.69) is 9.88 Å². The van der Waals surface area contributed by atoms with Gasteiger partial charge in [-0.05, 0) is 31.3 Å². The number of nitrogens with zero attached hydrogens (tertiary/aromatic N) is 2. The Morgan fingerprint density at radius 2 is 1.73 bits per heavy atom. The second-order valence-corrected chi connectivity index (χ2v) is 6.18. The van der Waals surface area contributed by atoms with E-state index in [0.717, 1.165) is 13.1 Å². The molecule has 0 aliphatic rings. The summed E-state index contributed by atoms with van der Waals surface area (Å²) in [6.45, 7) is 6.57. The summed E-state index contributed by atoms with van der Waals surface area (Å²) in [6, 6.07) is 8.11. The lowest BCUT2D eigenvalue weighted by Crippen LogP contribution is -2.40. The minimum Gasteiger partial charge on any atom is -0.493 e. The maximum absolute atomic E-state index is 13.0. The van der Waals surface area contributed by atoms with Crippen molar-refractivity contribution in [3.05, 3.63) is 53.9 Å². The molecule has 0 aliphatic heterocycles. The van der Waals surface area contributed by atoms with Gasteiger partial charge in [0.25, 0.3) is 0 Å². The first-order valence-corrected chi connectivity index (χ1v) is 9.26. The molecule has 9 heteroatoms. The molecule has 1 N–H and O–H groups in total. The first kappa shape index (κ1) is 27.9. The zero-order chi connectivity index (χ0) is 20.6. The Labute approximate surface area is 190 Å². The van der Waals surface area contributed by atoms with Gasteiger partial charge in [0.05, 0.1) is 14.2 Å². The Bertz CT molecular complexity index is 775. The molecule has 0 aliphatic carbocycles. The topological polar surface area (TPSA) is 81.1 Å². The molecule has 0 saturated heterocycles. The summed E-state index contributed by atoms with van der Waals surface area (Å²) in [5, 5.41) is 11.5. The van der Waals surface area contributed by atoms with Crippen LogP contribution in [0.5, 0.6) is 11.5 Å². The lowest BCUT2D eigenvalue weighted by molar-refractivity contribution is -0.162. The number of rotatable bonds is 10. The molecule has 1 aromatic heterocycles. The first-order chi connectivity index (χ1) is 13.5. The van der Waals surface area contributed by atoms with E-state index in [1.54, 1.807) is 36.5 Å². The number of carbonyl (C=O) groups is 1. The summed E-state index contributed by atoms with van der Waals surface area (Å²) in [4.78, 5) is 19.2. The number of carbonyl (C=O) groups excluding carboxylic acids is 1. The maximum Gasteiger partial charge on any atom is 0.347 e. The molecule has 168 valence electrons. The predicted octanol–water partition coefficient (Wildman–Crippen LogP) is 3.06. The average Bonchev–Trinajstić information content (AvgIpc) is 2.76. The van der Waals surface area contributed by atoms with Crippen LogP contribution in [-0.4, -0.2) is 61.4 Å². The van der Waals surface area contributed by atoms with Gasteiger partial charge in [-0.15, -0.1) is 24.8 Å². The van der Waals surface area contributed by atoms with Crippen LogP contribution in [0.4, 0.5) is 0 Å². The number of methoxy groups -OCH3 is 2. The molecular formula is C21H30Cl2N2O5. The Hall–Kier alpha value is -2.06. The molecular weight excluding hydrogens is 431 g/mol. The molecule has 1 aromatic carbocycles. The number of esters is 1. The largest absolute Gasteiger partial charge is 0.493 e. The molecule has 1 unspecified atom stereocenters. The zero-order valence-electron chi connectivity index (χ0n) is 17.7. The van der Waals surface area contributed by atoms with Crippen molar-refractivity contribution in [2.75, 3.05) is 40.5 Å². The average molecular weight is 461 g/mol. The van der Waals surface area contributed by atoms with Crippen LogP contribution in [0.2, 0.25) is 0 Å². The Balaban J connectivity index is 0.00000420. The third-order valence-corrected chi connectivity index (χ3v) is 4.71. The van der Waals surface area contributed by atoms with Crippen LogP contribution < -0.4 is 9.47 Å². The fourth-order valence-electron chi connectivity index (χ4n) is 2.95. The summed E-state index contributed by atoms with van der Waals surface area (Å²) in [6.07, 6.45) is 3.02. The van der Waals surface area contributed by atoms with Crippen molar-refractivity contribution in [2.45, 2.75) is 19.4 Å². The van der Waals surface area contributed by atoms with Gasteiger partial charge < -0.3 is 24.2 Å². The minimum absolute atomic E-state index is 0. The van der Waals surface area contributed by atoms with Gasteiger partial charge in [0.15, 0.2) is 11.5 Å². The van der Waals surface area contributed by atoms with Crippen LogP contribution in [0.3, 0.4) is 0 Å². The van der Waals surface area contributed by atoms with E-state index in [9.17, 15) is 9.90 Å². The third kappa shape index (κ3) is 6.22. The van der Waals surface area contributed by atoms with Crippen molar-refractivity contribution in [1.29, 1.82) is 0 Å². The number of ether oxygens (including phenoxy) is 3. The molecule has 0 amide bonds. The first-order valence-electron chi connectivity index (χ1n) is 9.26. The Morgan fingerprint density at radius 3 is 2.27 bits per heavy atom. The van der Waals surface area contributed by atoms with Gasteiger partial charge in [0.2, 0.25) is 5.60 Å². The predicted molar refractivity (Wildman–Crippen MR) is 120 cm³/mol. The van der Waals surface area contributed by atoms with E-state index in [1.165, 1.54) is 20.4 Å². The highest BCUT2D eigenvalue weighted by Crippen LogP contribution is 2.36. The van der Waals surface area contributed by atoms with Crippen molar-refractivity contribution in [3.8, 4) is 11.5 Å². The summed E-state index contributed by atoms with van der Waals surface area (Å²) < 4.78 is 16.0. The molecule has 1 heterocycles. The van der Waals surface area contributed by atoms with Crippen LogP contribution in [0.15, 0.2) is 42.7 Å². The van der Waals surface area contributed by atoms with Crippen molar-refractivity contribution in [2.24, 2.45) is 0 Å². The molecule has 2 aromatic rings. The van der Waals surface area contributed by atoms with Gasteiger partial charge in [0, 0.05) is 30.1 Å². The van der Waals surface area contributed by atoms with E-state index in [-0.39, 0.29) is 31.4 Å². The lowest BCUT2D eigenvalue weighted by atomic mass is 9.87. The molecule has 0 fully saturated rings. The maximum atomic E-state index is 13.0. The molecule has 0 radical (unpaired) electrons. The lowest BCUT2D eigenvalue weighted by Gasteiger charge is -2.28. The highest BCUT2D eigenvalue weighted by Gasteiger charge is 2.42. The van der Waals surface area contributed by atoms with E-state index in [0.29, 0.717) is 29.2 Å². The van der Waals surface area contributed by atoms with E-state index >= 15 is 0 Å². The normalized spacial score (nSPS) is 12.2. The van der Waals surface area contributed by atoms with Crippen LogP contribution >= 0.6 is 24.8 Å². The molecule has 30 heavy (non-hydrogen) atoms. The number of benzene rings is 1. The van der Waals surface area contributed by atoms with Crippen LogP contribution in [0, 0.1) is 0 Å². The smallest absolute Gasteiger partial charge is 0.347 e. The molecule has 0 spiro atoms. The second kappa shape index (κ2) is 13.3. The summed E-state index contributed by atoms with van der Waals surface area (Å²) in [5.74, 6) is 0.132. The number of halogens is 2. The molecule has 1 atom stereocenters. The van der Waals surface area contributed by atoms with Gasteiger partial charge in [-0.3, -0.25) is 4.98 Å². The summed E-state index contributed by atoms with van der Waals surface area (Å²) in [7, 11) is 3.01. The fraction of sp³-hybridized carbons (Fsp3) is 0.429. The highest BCUT2D eigenvalue weighted by molar-refractivity contribution is 5.86. The molecule has 0 saturated carbocycles. The van der Waals surface area contributed by atoms with Crippen molar-refractivity contribution >= 4 is 30.8 Å². The van der Waals surface area contributed by atoms with Crippen molar-refractivity contribution in [3.63, 3.8) is 0 Å². The van der Waals surface area contributed by atoms with Crippen LogP contribution in [-0.2, 0) is 15.1 Å². The van der Waals surface area contributed by atoms with E-state index < -0.39 is 11.6 Å². The number of hydrogen-bond acceptors (Lipinski definition) is 7. The molecule has 7 nitrogen and oxygen atoms in total. The van der Waals surface area contributed by atoms with Gasteiger partial charge in [-0.2, -0.15) is 0 Å². The SMILES string of the molecule is CCN(CC)CCOC(=O)C(O)(c1cccnc1)c1ccc(OC)c(OC)c1.Cl.Cl. The van der Waals surface area contributed by atoms with Crippen molar-refractivity contribution < 1.29 is 24.1 Å². The van der Waals surface area contributed by atoms with Gasteiger partial charge >= 0.3 is 5.97 Å². The van der Waals surface area contributed by atoms with Gasteiger partial charge in [0.1, 0.15) is 6.61 Å². The second-order valence-electron chi connectivity index (χ2n) is 6.18. The summed E-state index contributed by atoms with van der Waals surface area (Å²) in [5.41, 5.74) is -1.39. The standard InChI is InChI=1S/C21H28N2O5.2ClH/c1-5-23(6-2)12-13-28-20(24)21(25,17-8-7-11-22-15-17)16-9-10-18(26-3)19(14-16)27-4;;/h7-11,14-15,25H,5-6,12-13H2,1-4H3;2*1H. The van der Waals surface area contributed by atoms with E-state index in [1.807, 2.05) is 13.8 Å². The van der Waals surface area contributed by atoms with Gasteiger partial charge in [-0.1, -0.05) is 26.0 Å². The molecule has 0 bridgehead atoms.